The molecule has 0 aromatic heterocycles. The van der Waals surface area contributed by atoms with Crippen molar-refractivity contribution in [1.82, 2.24) is 4.90 Å². The lowest BCUT2D eigenvalue weighted by Crippen LogP contribution is -2.47. The molecule has 2 aromatic carbocycles. The van der Waals surface area contributed by atoms with Crippen LogP contribution in [0.15, 0.2) is 59.5 Å². The number of thioether (sulfide) groups is 1. The van der Waals surface area contributed by atoms with Crippen LogP contribution in [0.5, 0.6) is 5.75 Å². The largest absolute Gasteiger partial charge is 0.496 e. The fraction of sp³-hybridized carbons (Fsp3) is 0.368. The Morgan fingerprint density at radius 1 is 1.13 bits per heavy atom. The predicted octanol–water partition coefficient (Wildman–Crippen LogP) is 4.04. The molecular weight excluding hydrogens is 306 g/mol. The average Bonchev–Trinajstić information content (AvgIpc) is 2.56. The van der Waals surface area contributed by atoms with E-state index in [4.69, 9.17) is 9.47 Å². The van der Waals surface area contributed by atoms with Crippen LogP contribution < -0.4 is 4.74 Å². The number of rotatable bonds is 5. The maximum atomic E-state index is 6.10. The molecule has 1 heterocycles. The first-order valence-corrected chi connectivity index (χ1v) is 8.72. The fourth-order valence-electron chi connectivity index (χ4n) is 2.90. The van der Waals surface area contributed by atoms with Crippen molar-refractivity contribution in [1.29, 1.82) is 0 Å². The quantitative estimate of drug-likeness (QED) is 0.825. The lowest BCUT2D eigenvalue weighted by atomic mass is 10.2. The van der Waals surface area contributed by atoms with E-state index in [1.807, 2.05) is 18.2 Å². The van der Waals surface area contributed by atoms with Crippen molar-refractivity contribution >= 4 is 11.8 Å². The monoisotopic (exact) mass is 329 g/mol. The van der Waals surface area contributed by atoms with Crippen molar-refractivity contribution in [3.63, 3.8) is 0 Å². The molecule has 4 heteroatoms. The minimum Gasteiger partial charge on any atom is -0.496 e. The van der Waals surface area contributed by atoms with Crippen LogP contribution in [0.25, 0.3) is 0 Å². The van der Waals surface area contributed by atoms with Crippen molar-refractivity contribution < 1.29 is 9.47 Å². The van der Waals surface area contributed by atoms with E-state index in [-0.39, 0.29) is 4.93 Å². The molecule has 1 atom stereocenters. The third-order valence-electron chi connectivity index (χ3n) is 3.97. The molecule has 0 aliphatic carbocycles. The predicted molar refractivity (Wildman–Crippen MR) is 94.9 cm³/mol. The van der Waals surface area contributed by atoms with Gasteiger partial charge in [0.05, 0.1) is 18.6 Å². The van der Waals surface area contributed by atoms with Crippen molar-refractivity contribution in [3.05, 3.63) is 60.2 Å². The van der Waals surface area contributed by atoms with Gasteiger partial charge in [-0.3, -0.25) is 4.90 Å². The molecule has 1 aliphatic heterocycles. The van der Waals surface area contributed by atoms with E-state index in [2.05, 4.69) is 48.2 Å². The smallest absolute Gasteiger partial charge is 0.132 e. The zero-order valence-corrected chi connectivity index (χ0v) is 14.5. The summed E-state index contributed by atoms with van der Waals surface area (Å²) in [5.41, 5.74) is 1.35. The summed E-state index contributed by atoms with van der Waals surface area (Å²) in [4.78, 5) is 3.32. The highest BCUT2D eigenvalue weighted by molar-refractivity contribution is 8.00. The Balaban J connectivity index is 1.69. The number of hydrogen-bond acceptors (Lipinski definition) is 4. The Labute approximate surface area is 142 Å². The maximum Gasteiger partial charge on any atom is 0.132 e. The molecule has 1 unspecified atom stereocenters. The maximum absolute atomic E-state index is 6.10. The topological polar surface area (TPSA) is 21.7 Å². The fourth-order valence-corrected chi connectivity index (χ4v) is 4.15. The van der Waals surface area contributed by atoms with Gasteiger partial charge in [-0.25, -0.2) is 0 Å². The Bertz CT molecular complexity index is 634. The van der Waals surface area contributed by atoms with Gasteiger partial charge in [-0.2, -0.15) is 0 Å². The second kappa shape index (κ2) is 7.39. The second-order valence-corrected chi connectivity index (χ2v) is 7.44. The van der Waals surface area contributed by atoms with Crippen LogP contribution in [0.3, 0.4) is 0 Å². The van der Waals surface area contributed by atoms with E-state index >= 15 is 0 Å². The molecule has 0 bridgehead atoms. The number of para-hydroxylation sites is 1. The molecule has 23 heavy (non-hydrogen) atoms. The van der Waals surface area contributed by atoms with E-state index in [0.29, 0.717) is 0 Å². The molecule has 1 saturated heterocycles. The molecule has 1 aliphatic rings. The van der Waals surface area contributed by atoms with E-state index in [1.165, 1.54) is 5.56 Å². The van der Waals surface area contributed by atoms with Gasteiger partial charge in [0.1, 0.15) is 10.7 Å². The standard InChI is InChI=1S/C19H23NO2S/c1-19(23-18-11-7-6-10-17(18)21-2)15-20(12-13-22-19)14-16-8-4-3-5-9-16/h3-11H,12-15H2,1-2H3. The van der Waals surface area contributed by atoms with Gasteiger partial charge in [-0.15, -0.1) is 0 Å². The SMILES string of the molecule is COc1ccccc1SC1(C)CN(Cc2ccccc2)CCO1. The van der Waals surface area contributed by atoms with Crippen LogP contribution in [0.1, 0.15) is 12.5 Å². The van der Waals surface area contributed by atoms with Crippen molar-refractivity contribution in [2.45, 2.75) is 23.3 Å². The van der Waals surface area contributed by atoms with E-state index < -0.39 is 0 Å². The van der Waals surface area contributed by atoms with Gasteiger partial charge in [0.15, 0.2) is 0 Å². The molecule has 2 aromatic rings. The molecular formula is C19H23NO2S. The van der Waals surface area contributed by atoms with Crippen LogP contribution in [-0.2, 0) is 11.3 Å². The Hall–Kier alpha value is -1.49. The highest BCUT2D eigenvalue weighted by Crippen LogP contribution is 2.40. The molecule has 122 valence electrons. The Morgan fingerprint density at radius 2 is 1.87 bits per heavy atom. The molecule has 0 radical (unpaired) electrons. The van der Waals surface area contributed by atoms with E-state index in [9.17, 15) is 0 Å². The third kappa shape index (κ3) is 4.28. The summed E-state index contributed by atoms with van der Waals surface area (Å²) < 4.78 is 11.6. The first-order valence-electron chi connectivity index (χ1n) is 7.91. The minimum absolute atomic E-state index is 0.262. The molecule has 3 rings (SSSR count). The minimum atomic E-state index is -0.262. The molecule has 3 nitrogen and oxygen atoms in total. The summed E-state index contributed by atoms with van der Waals surface area (Å²) in [6, 6.07) is 18.7. The van der Waals surface area contributed by atoms with Gasteiger partial charge in [-0.1, -0.05) is 54.2 Å². The first-order chi connectivity index (χ1) is 11.2. The lowest BCUT2D eigenvalue weighted by molar-refractivity contribution is -0.0432. The Morgan fingerprint density at radius 3 is 2.65 bits per heavy atom. The first kappa shape index (κ1) is 16.4. The highest BCUT2D eigenvalue weighted by atomic mass is 32.2. The molecule has 0 N–H and O–H groups in total. The number of benzene rings is 2. The van der Waals surface area contributed by atoms with Gasteiger partial charge >= 0.3 is 0 Å². The molecule has 0 saturated carbocycles. The van der Waals surface area contributed by atoms with E-state index in [0.717, 1.165) is 36.9 Å². The molecule has 1 fully saturated rings. The van der Waals surface area contributed by atoms with Crippen molar-refractivity contribution in [2.24, 2.45) is 0 Å². The number of morpholine rings is 1. The lowest BCUT2D eigenvalue weighted by Gasteiger charge is -2.40. The third-order valence-corrected chi connectivity index (χ3v) is 5.21. The number of methoxy groups -OCH3 is 1. The zero-order chi connectivity index (χ0) is 16.1. The van der Waals surface area contributed by atoms with Crippen LogP contribution in [0.2, 0.25) is 0 Å². The van der Waals surface area contributed by atoms with Crippen LogP contribution in [0.4, 0.5) is 0 Å². The van der Waals surface area contributed by atoms with Gasteiger partial charge in [-0.05, 0) is 24.6 Å². The van der Waals surface area contributed by atoms with Gasteiger partial charge in [0.2, 0.25) is 0 Å². The van der Waals surface area contributed by atoms with Crippen LogP contribution in [-0.4, -0.2) is 36.6 Å². The summed E-state index contributed by atoms with van der Waals surface area (Å²) in [5, 5.41) is 0. The summed E-state index contributed by atoms with van der Waals surface area (Å²) in [5.74, 6) is 0.905. The van der Waals surface area contributed by atoms with E-state index in [1.54, 1.807) is 18.9 Å². The van der Waals surface area contributed by atoms with Crippen molar-refractivity contribution in [3.8, 4) is 5.75 Å². The van der Waals surface area contributed by atoms with Gasteiger partial charge in [0, 0.05) is 19.6 Å². The Kier molecular flexibility index (Phi) is 5.26. The number of nitrogens with zero attached hydrogens (tertiary/aromatic N) is 1. The summed E-state index contributed by atoms with van der Waals surface area (Å²) in [6.45, 7) is 5.75. The number of hydrogen-bond donors (Lipinski definition) is 0. The summed E-state index contributed by atoms with van der Waals surface area (Å²) in [6.07, 6.45) is 0. The number of ether oxygens (including phenoxy) is 2. The van der Waals surface area contributed by atoms with Crippen LogP contribution >= 0.6 is 11.8 Å². The molecule has 0 amide bonds. The van der Waals surface area contributed by atoms with Gasteiger partial charge in [0.25, 0.3) is 0 Å². The van der Waals surface area contributed by atoms with Crippen molar-refractivity contribution in [2.75, 3.05) is 26.8 Å². The second-order valence-electron chi connectivity index (χ2n) is 5.93. The highest BCUT2D eigenvalue weighted by Gasteiger charge is 2.34. The summed E-state index contributed by atoms with van der Waals surface area (Å²) >= 11 is 1.74. The van der Waals surface area contributed by atoms with Gasteiger partial charge < -0.3 is 9.47 Å². The summed E-state index contributed by atoms with van der Waals surface area (Å²) in [7, 11) is 1.71. The normalized spacial score (nSPS) is 22.0. The zero-order valence-electron chi connectivity index (χ0n) is 13.7. The van der Waals surface area contributed by atoms with Crippen LogP contribution in [0, 0.1) is 0 Å². The molecule has 0 spiro atoms. The average molecular weight is 329 g/mol.